The molecule has 1 aromatic heterocycles. The molecule has 17 heavy (non-hydrogen) atoms. The summed E-state index contributed by atoms with van der Waals surface area (Å²) in [7, 11) is 0. The van der Waals surface area contributed by atoms with Gasteiger partial charge in [0.1, 0.15) is 11.6 Å². The van der Waals surface area contributed by atoms with Crippen LogP contribution in [0, 0.1) is 12.7 Å². The Balaban J connectivity index is 2.22. The van der Waals surface area contributed by atoms with Crippen LogP contribution in [0.2, 0.25) is 0 Å². The number of anilines is 1. The van der Waals surface area contributed by atoms with Crippen LogP contribution in [0.25, 0.3) is 0 Å². The number of carbonyl (C=O) groups excluding carboxylic acids is 1. The number of furan rings is 1. The minimum atomic E-state index is -0.492. The maximum Gasteiger partial charge on any atom is 0.259 e. The molecule has 1 amide bonds. The highest BCUT2D eigenvalue weighted by atomic mass is 79.9. The number of rotatable bonds is 2. The highest BCUT2D eigenvalue weighted by molar-refractivity contribution is 9.10. The fourth-order valence-electron chi connectivity index (χ4n) is 1.40. The van der Waals surface area contributed by atoms with Gasteiger partial charge in [-0.1, -0.05) is 15.9 Å². The monoisotopic (exact) mass is 297 g/mol. The minimum absolute atomic E-state index is 0.138. The predicted molar refractivity (Wildman–Crippen MR) is 65.5 cm³/mol. The number of benzene rings is 1. The summed E-state index contributed by atoms with van der Waals surface area (Å²) in [5.74, 6) is -0.383. The third-order valence-electron chi connectivity index (χ3n) is 2.28. The molecule has 88 valence electrons. The summed E-state index contributed by atoms with van der Waals surface area (Å²) >= 11 is 3.15. The van der Waals surface area contributed by atoms with Crippen LogP contribution >= 0.6 is 15.9 Å². The Labute approximate surface area is 106 Å². The first kappa shape index (κ1) is 11.9. The van der Waals surface area contributed by atoms with Crippen molar-refractivity contribution in [3.05, 3.63) is 52.1 Å². The van der Waals surface area contributed by atoms with Gasteiger partial charge in [0.15, 0.2) is 0 Å². The molecule has 3 nitrogen and oxygen atoms in total. The van der Waals surface area contributed by atoms with Crippen LogP contribution in [0.5, 0.6) is 0 Å². The Morgan fingerprint density at radius 3 is 2.76 bits per heavy atom. The van der Waals surface area contributed by atoms with E-state index >= 15 is 0 Å². The fourth-order valence-corrected chi connectivity index (χ4v) is 1.73. The second-order valence-electron chi connectivity index (χ2n) is 3.47. The van der Waals surface area contributed by atoms with E-state index in [1.165, 1.54) is 18.4 Å². The van der Waals surface area contributed by atoms with Crippen molar-refractivity contribution in [2.24, 2.45) is 0 Å². The van der Waals surface area contributed by atoms with Crippen LogP contribution < -0.4 is 5.32 Å². The molecule has 0 atom stereocenters. The Morgan fingerprint density at radius 2 is 2.18 bits per heavy atom. The van der Waals surface area contributed by atoms with Crippen molar-refractivity contribution in [2.45, 2.75) is 6.92 Å². The van der Waals surface area contributed by atoms with E-state index in [4.69, 9.17) is 4.42 Å². The summed E-state index contributed by atoms with van der Waals surface area (Å²) in [5, 5.41) is 2.49. The lowest BCUT2D eigenvalue weighted by Crippen LogP contribution is -2.13. The van der Waals surface area contributed by atoms with Crippen molar-refractivity contribution in [1.29, 1.82) is 0 Å². The zero-order valence-electron chi connectivity index (χ0n) is 8.96. The summed E-state index contributed by atoms with van der Waals surface area (Å²) in [4.78, 5) is 11.8. The van der Waals surface area contributed by atoms with E-state index in [9.17, 15) is 9.18 Å². The van der Waals surface area contributed by atoms with Gasteiger partial charge in [0, 0.05) is 4.47 Å². The van der Waals surface area contributed by atoms with Gasteiger partial charge in [-0.25, -0.2) is 4.39 Å². The Kier molecular flexibility index (Phi) is 3.28. The molecule has 0 radical (unpaired) electrons. The van der Waals surface area contributed by atoms with Crippen LogP contribution in [0.3, 0.4) is 0 Å². The molecule has 0 bridgehead atoms. The molecule has 1 aromatic carbocycles. The second-order valence-corrected chi connectivity index (χ2v) is 4.38. The molecular weight excluding hydrogens is 289 g/mol. The Bertz CT molecular complexity index is 565. The number of hydrogen-bond donors (Lipinski definition) is 1. The molecule has 0 saturated carbocycles. The van der Waals surface area contributed by atoms with Gasteiger partial charge in [-0.3, -0.25) is 4.79 Å². The molecule has 1 heterocycles. The maximum absolute atomic E-state index is 13.5. The van der Waals surface area contributed by atoms with E-state index < -0.39 is 11.7 Å². The summed E-state index contributed by atoms with van der Waals surface area (Å²) < 4.78 is 19.1. The normalized spacial score (nSPS) is 10.3. The lowest BCUT2D eigenvalue weighted by Gasteiger charge is -2.05. The minimum Gasteiger partial charge on any atom is -0.469 e. The van der Waals surface area contributed by atoms with Crippen molar-refractivity contribution in [2.75, 3.05) is 5.32 Å². The number of aryl methyl sites for hydroxylation is 1. The van der Waals surface area contributed by atoms with Crippen molar-refractivity contribution >= 4 is 27.5 Å². The molecule has 2 aromatic rings. The van der Waals surface area contributed by atoms with Gasteiger partial charge in [-0.15, -0.1) is 0 Å². The first-order valence-electron chi connectivity index (χ1n) is 4.88. The summed E-state index contributed by atoms with van der Waals surface area (Å²) in [6.07, 6.45) is 1.42. The van der Waals surface area contributed by atoms with E-state index in [0.717, 1.165) is 0 Å². The number of carbonyl (C=O) groups is 1. The summed E-state index contributed by atoms with van der Waals surface area (Å²) in [6, 6.07) is 5.98. The third-order valence-corrected chi connectivity index (χ3v) is 2.78. The van der Waals surface area contributed by atoms with Gasteiger partial charge < -0.3 is 9.73 Å². The quantitative estimate of drug-likeness (QED) is 0.917. The van der Waals surface area contributed by atoms with E-state index in [2.05, 4.69) is 21.2 Å². The maximum atomic E-state index is 13.5. The van der Waals surface area contributed by atoms with Crippen molar-refractivity contribution in [1.82, 2.24) is 0 Å². The highest BCUT2D eigenvalue weighted by Gasteiger charge is 2.13. The number of hydrogen-bond acceptors (Lipinski definition) is 2. The molecule has 0 fully saturated rings. The molecule has 2 rings (SSSR count). The summed E-state index contributed by atoms with van der Waals surface area (Å²) in [6.45, 7) is 1.67. The van der Waals surface area contributed by atoms with E-state index in [0.29, 0.717) is 15.8 Å². The average molecular weight is 298 g/mol. The van der Waals surface area contributed by atoms with Crippen molar-refractivity contribution in [3.63, 3.8) is 0 Å². The zero-order valence-corrected chi connectivity index (χ0v) is 10.5. The Hall–Kier alpha value is -1.62. The van der Waals surface area contributed by atoms with Gasteiger partial charge in [-0.2, -0.15) is 0 Å². The van der Waals surface area contributed by atoms with Crippen LogP contribution in [0.1, 0.15) is 16.1 Å². The van der Waals surface area contributed by atoms with Gasteiger partial charge in [0.2, 0.25) is 0 Å². The molecule has 0 aliphatic heterocycles. The fraction of sp³-hybridized carbons (Fsp3) is 0.0833. The SMILES string of the molecule is Cc1occc1C(=O)Nc1ccc(Br)cc1F. The van der Waals surface area contributed by atoms with Crippen LogP contribution in [-0.4, -0.2) is 5.91 Å². The van der Waals surface area contributed by atoms with E-state index in [-0.39, 0.29) is 5.69 Å². The van der Waals surface area contributed by atoms with Gasteiger partial charge >= 0.3 is 0 Å². The van der Waals surface area contributed by atoms with Gasteiger partial charge in [0.25, 0.3) is 5.91 Å². The van der Waals surface area contributed by atoms with Crippen LogP contribution in [0.4, 0.5) is 10.1 Å². The summed E-state index contributed by atoms with van der Waals surface area (Å²) in [5.41, 5.74) is 0.533. The van der Waals surface area contributed by atoms with Crippen LogP contribution in [0.15, 0.2) is 39.4 Å². The molecule has 0 saturated heterocycles. The number of halogens is 2. The first-order chi connectivity index (χ1) is 8.08. The third kappa shape index (κ3) is 2.55. The predicted octanol–water partition coefficient (Wildman–Crippen LogP) is 3.74. The van der Waals surface area contributed by atoms with E-state index in [1.807, 2.05) is 0 Å². The zero-order chi connectivity index (χ0) is 12.4. The van der Waals surface area contributed by atoms with Gasteiger partial charge in [0.05, 0.1) is 17.5 Å². The Morgan fingerprint density at radius 1 is 1.41 bits per heavy atom. The lowest BCUT2D eigenvalue weighted by atomic mass is 10.2. The van der Waals surface area contributed by atoms with Crippen molar-refractivity contribution in [3.8, 4) is 0 Å². The first-order valence-corrected chi connectivity index (χ1v) is 5.67. The average Bonchev–Trinajstić information content (AvgIpc) is 2.68. The second kappa shape index (κ2) is 4.71. The standard InChI is InChI=1S/C12H9BrFNO2/c1-7-9(4-5-17-7)12(16)15-11-3-2-8(13)6-10(11)14/h2-6H,1H3,(H,15,16). The largest absolute Gasteiger partial charge is 0.469 e. The lowest BCUT2D eigenvalue weighted by molar-refractivity contribution is 0.102. The molecule has 1 N–H and O–H groups in total. The number of nitrogens with one attached hydrogen (secondary N) is 1. The highest BCUT2D eigenvalue weighted by Crippen LogP contribution is 2.20. The molecule has 0 unspecified atom stereocenters. The van der Waals surface area contributed by atoms with Crippen molar-refractivity contribution < 1.29 is 13.6 Å². The van der Waals surface area contributed by atoms with Crippen LogP contribution in [-0.2, 0) is 0 Å². The molecule has 5 heteroatoms. The molecule has 0 aliphatic carbocycles. The molecule has 0 aliphatic rings. The topological polar surface area (TPSA) is 42.2 Å². The smallest absolute Gasteiger partial charge is 0.259 e. The van der Waals surface area contributed by atoms with E-state index in [1.54, 1.807) is 19.1 Å². The molecule has 0 spiro atoms. The van der Waals surface area contributed by atoms with Gasteiger partial charge in [-0.05, 0) is 31.2 Å². The number of amides is 1. The molecular formula is C12H9BrFNO2.